The molecule has 15 rings (SSSR count). The van der Waals surface area contributed by atoms with E-state index in [9.17, 15) is 0 Å². The molecule has 14 aromatic rings. The summed E-state index contributed by atoms with van der Waals surface area (Å²) in [5, 5.41) is 14.6. The van der Waals surface area contributed by atoms with Gasteiger partial charge in [0.15, 0.2) is 8.07 Å². The first-order valence-corrected chi connectivity index (χ1v) is 33.4. The molecule has 0 N–H and O–H groups in total. The van der Waals surface area contributed by atoms with Crippen LogP contribution < -0.4 is 30.4 Å². The van der Waals surface area contributed by atoms with Gasteiger partial charge in [-0.25, -0.2) is 4.98 Å². The summed E-state index contributed by atoms with van der Waals surface area (Å²) in [4.78, 5) is 7.25. The topological polar surface area (TPSA) is 35.2 Å². The average molecular weight is 1380 g/mol. The summed E-state index contributed by atoms with van der Waals surface area (Å²) < 4.78 is 11.6. The monoisotopic (exact) mass is 1370 g/mol. The molecule has 4 heterocycles. The number of aromatic nitrogens is 3. The Morgan fingerprint density at radius 2 is 0.945 bits per heavy atom. The van der Waals surface area contributed by atoms with Crippen LogP contribution in [0, 0.1) is 18.8 Å². The molecular weight excluding hydrogens is 1300 g/mol. The Hall–Kier alpha value is -9.45. The number of rotatable bonds is 9. The predicted octanol–water partition coefficient (Wildman–Crippen LogP) is 19.2. The molecule has 0 amide bonds. The zero-order chi connectivity index (χ0) is 61.7. The van der Waals surface area contributed by atoms with Crippen molar-refractivity contribution in [1.29, 1.82) is 0 Å². The van der Waals surface area contributed by atoms with Crippen LogP contribution in [0.15, 0.2) is 261 Å². The third kappa shape index (κ3) is 10.2. The van der Waals surface area contributed by atoms with Crippen molar-refractivity contribution in [2.75, 3.05) is 4.90 Å². The molecule has 91 heavy (non-hydrogen) atoms. The molecule has 0 radical (unpaired) electrons. The Bertz CT molecular complexity index is 5110. The van der Waals surface area contributed by atoms with Gasteiger partial charge in [-0.15, -0.1) is 35.7 Å². The Labute approximate surface area is 549 Å². The van der Waals surface area contributed by atoms with E-state index in [1.165, 1.54) is 59.0 Å². The van der Waals surface area contributed by atoms with Gasteiger partial charge in [-0.05, 0) is 144 Å². The molecule has 1 aliphatic rings. The predicted molar refractivity (Wildman–Crippen MR) is 382 cm³/mol. The van der Waals surface area contributed by atoms with Crippen molar-refractivity contribution < 1.29 is 25.8 Å². The summed E-state index contributed by atoms with van der Waals surface area (Å²) in [7, 11) is -3.02. The normalized spacial score (nSPS) is 12.6. The molecule has 11 aromatic carbocycles. The van der Waals surface area contributed by atoms with Crippen LogP contribution in [-0.2, 0) is 37.3 Å². The van der Waals surface area contributed by atoms with E-state index in [2.05, 4.69) is 338 Å². The molecule has 0 aliphatic carbocycles. The van der Waals surface area contributed by atoms with Gasteiger partial charge in [-0.2, -0.15) is 12.1 Å². The summed E-state index contributed by atoms with van der Waals surface area (Å²) in [5.41, 5.74) is 11.8. The average Bonchev–Trinajstić information content (AvgIpc) is 1.72. The fourth-order valence-electron chi connectivity index (χ4n) is 13.9. The summed E-state index contributed by atoms with van der Waals surface area (Å²) in [6.45, 7) is 23.0. The molecule has 0 saturated heterocycles. The first-order valence-electron chi connectivity index (χ1n) is 31.4. The molecule has 0 unspecified atom stereocenters. The van der Waals surface area contributed by atoms with Crippen molar-refractivity contribution in [2.45, 2.75) is 78.6 Å². The van der Waals surface area contributed by atoms with E-state index in [0.29, 0.717) is 11.5 Å². The van der Waals surface area contributed by atoms with E-state index in [1.807, 2.05) is 18.3 Å². The maximum absolute atomic E-state index is 6.92. The summed E-state index contributed by atoms with van der Waals surface area (Å²) in [6, 6.07) is 102. The van der Waals surface area contributed by atoms with Crippen molar-refractivity contribution in [2.24, 2.45) is 0 Å². The van der Waals surface area contributed by atoms with Crippen molar-refractivity contribution in [3.8, 4) is 28.4 Å². The number of nitrogens with zero attached hydrogens (tertiary/aromatic N) is 4. The first kappa shape index (κ1) is 59.2. The van der Waals surface area contributed by atoms with Gasteiger partial charge < -0.3 is 18.8 Å². The second kappa shape index (κ2) is 22.8. The summed E-state index contributed by atoms with van der Waals surface area (Å²) in [5.74, 6) is 2.01. The number of pyridine rings is 1. The number of hydrogen-bond donors (Lipinski definition) is 0. The third-order valence-electron chi connectivity index (χ3n) is 18.5. The van der Waals surface area contributed by atoms with E-state index in [0.717, 1.165) is 71.9 Å². The fraction of sp³-hybridized carbons (Fsp3) is 0.143. The number of para-hydroxylation sites is 3. The van der Waals surface area contributed by atoms with Gasteiger partial charge in [0.05, 0.1) is 0 Å². The van der Waals surface area contributed by atoms with Crippen LogP contribution in [0.5, 0.6) is 11.5 Å². The summed E-state index contributed by atoms with van der Waals surface area (Å²) in [6.07, 6.45) is 1.91. The zero-order valence-corrected chi connectivity index (χ0v) is 56.2. The number of ether oxygens (including phenoxy) is 1. The molecule has 0 fully saturated rings. The van der Waals surface area contributed by atoms with E-state index in [-0.39, 0.29) is 37.3 Å². The van der Waals surface area contributed by atoms with Gasteiger partial charge in [0.1, 0.15) is 5.82 Å². The minimum atomic E-state index is -3.02. The molecule has 3 aromatic heterocycles. The number of benzene rings is 11. The van der Waals surface area contributed by atoms with Crippen LogP contribution in [0.25, 0.3) is 82.1 Å². The number of hydrogen-bond acceptors (Lipinski definition) is 3. The molecule has 1 aliphatic heterocycles. The second-order valence-corrected chi connectivity index (χ2v) is 31.1. The van der Waals surface area contributed by atoms with Crippen LogP contribution in [0.4, 0.5) is 11.4 Å². The number of fused-ring (bicyclic) bond motifs is 10. The van der Waals surface area contributed by atoms with E-state index < -0.39 is 8.07 Å². The number of anilines is 2. The third-order valence-corrected chi connectivity index (χ3v) is 23.3. The Kier molecular flexibility index (Phi) is 14.8. The van der Waals surface area contributed by atoms with Gasteiger partial charge in [0, 0.05) is 50.0 Å². The molecular formula is C84H71N4OPtSi-3. The van der Waals surface area contributed by atoms with Gasteiger partial charge in [-0.1, -0.05) is 274 Å². The first-order chi connectivity index (χ1) is 43.5. The molecule has 7 heteroatoms. The fourth-order valence-corrected chi connectivity index (χ4v) is 18.7. The quantitative estimate of drug-likeness (QED) is 0.0821. The van der Waals surface area contributed by atoms with Crippen molar-refractivity contribution in [1.82, 2.24) is 14.1 Å². The molecule has 450 valence electrons. The maximum Gasteiger partial charge on any atom is 0.179 e. The standard InChI is InChI=1S/C84H71N4OSi.Pt/c1-82(2,3)57-42-44-70-74-39-25-41-77-81(74)87(55-86(77)60-26-23-27-61(53-60)89-62-43-45-72-71-36-21-22-40-76(71)88(78(72)54-62)79-52-58(46-47-85-79)83(4,5)6)80-67(37-24-38-73(80)68-34-19-20-35-69(68)75(70)51-57)56-48-59(84(7,8)9)50-66(49-56)90(63-28-13-10-14-29-63,64-30-15-11-16-31-64)65-32-17-12-18-33-65;/h10-52,55H,1-9H3;/q-3;. The van der Waals surface area contributed by atoms with Gasteiger partial charge in [0.2, 0.25) is 0 Å². The second-order valence-electron chi connectivity index (χ2n) is 27.3. The van der Waals surface area contributed by atoms with Crippen LogP contribution in [0.1, 0.15) is 79.0 Å². The zero-order valence-electron chi connectivity index (χ0n) is 52.9. The molecule has 0 spiro atoms. The smallest absolute Gasteiger partial charge is 0.179 e. The van der Waals surface area contributed by atoms with E-state index >= 15 is 0 Å². The van der Waals surface area contributed by atoms with Crippen LogP contribution >= 0.6 is 0 Å². The summed E-state index contributed by atoms with van der Waals surface area (Å²) >= 11 is 0. The molecule has 0 saturated carbocycles. The van der Waals surface area contributed by atoms with Crippen LogP contribution in [0.3, 0.4) is 0 Å². The van der Waals surface area contributed by atoms with Gasteiger partial charge >= 0.3 is 0 Å². The van der Waals surface area contributed by atoms with Crippen molar-refractivity contribution in [3.63, 3.8) is 0 Å². The van der Waals surface area contributed by atoms with Crippen LogP contribution in [-0.4, -0.2) is 22.2 Å². The Balaban J connectivity index is 0.00000721. The van der Waals surface area contributed by atoms with Gasteiger partial charge in [-0.3, -0.25) is 0 Å². The van der Waals surface area contributed by atoms with Crippen LogP contribution in [0.2, 0.25) is 0 Å². The van der Waals surface area contributed by atoms with Gasteiger partial charge in [0.25, 0.3) is 0 Å². The molecule has 5 nitrogen and oxygen atoms in total. The Morgan fingerprint density at radius 3 is 1.60 bits per heavy atom. The maximum atomic E-state index is 6.92. The minimum Gasteiger partial charge on any atom is -0.509 e. The van der Waals surface area contributed by atoms with E-state index in [4.69, 9.17) is 9.72 Å². The largest absolute Gasteiger partial charge is 0.509 e. The molecule has 0 bridgehead atoms. The van der Waals surface area contributed by atoms with Crippen molar-refractivity contribution in [3.05, 3.63) is 296 Å². The van der Waals surface area contributed by atoms with E-state index in [1.54, 1.807) is 0 Å². The van der Waals surface area contributed by atoms with Crippen molar-refractivity contribution >= 4 is 105 Å². The molecule has 0 atom stereocenters. The minimum absolute atomic E-state index is 0. The Morgan fingerprint density at radius 1 is 0.407 bits per heavy atom. The SMILES string of the molecule is CC(C)(C)c1cc(-c2cccc3c4ccccc4c4cc(C(C)(C)C)ccc4c4cccc5c4n(c23)[CH-]N5c2[c-]c(Oc3[c-]c4c(cc3)c3ccccc3n4-c3cc(C(C)(C)C)ccn3)ccc2)cc([Si](c2ccccc2)(c2ccccc2)c2ccccc2)c1.[Pt].